The number of benzene rings is 1. The van der Waals surface area contributed by atoms with E-state index in [2.05, 4.69) is 11.4 Å². The van der Waals surface area contributed by atoms with Crippen molar-refractivity contribution in [1.29, 1.82) is 5.26 Å². The Morgan fingerprint density at radius 2 is 2.04 bits per heavy atom. The molecule has 0 aliphatic heterocycles. The van der Waals surface area contributed by atoms with Gasteiger partial charge < -0.3 is 10.1 Å². The van der Waals surface area contributed by atoms with E-state index in [1.165, 1.54) is 5.56 Å². The third-order valence-electron chi connectivity index (χ3n) is 4.02. The Balaban J connectivity index is 1.87. The van der Waals surface area contributed by atoms with Crippen LogP contribution in [0.1, 0.15) is 29.7 Å². The summed E-state index contributed by atoms with van der Waals surface area (Å²) in [5.41, 5.74) is 3.99. The van der Waals surface area contributed by atoms with Crippen molar-refractivity contribution in [2.45, 2.75) is 25.7 Å². The van der Waals surface area contributed by atoms with Crippen molar-refractivity contribution in [3.63, 3.8) is 0 Å². The van der Waals surface area contributed by atoms with Crippen molar-refractivity contribution in [2.24, 2.45) is 0 Å². The summed E-state index contributed by atoms with van der Waals surface area (Å²) in [5.74, 6) is 1.67. The molecule has 0 atom stereocenters. The Morgan fingerprint density at radius 3 is 2.78 bits per heavy atom. The highest BCUT2D eigenvalue weighted by atomic mass is 16.5. The largest absolute Gasteiger partial charge is 0.385 e. The highest BCUT2D eigenvalue weighted by molar-refractivity contribution is 5.61. The molecule has 118 valence electrons. The third kappa shape index (κ3) is 3.49. The maximum atomic E-state index is 8.91. The van der Waals surface area contributed by atoms with Crippen LogP contribution in [0, 0.1) is 11.3 Å². The van der Waals surface area contributed by atoms with Crippen LogP contribution in [0.3, 0.4) is 0 Å². The van der Waals surface area contributed by atoms with E-state index in [0.717, 1.165) is 61.7 Å². The second kappa shape index (κ2) is 7.21. The molecule has 1 aromatic heterocycles. The van der Waals surface area contributed by atoms with Gasteiger partial charge in [0.1, 0.15) is 5.82 Å². The van der Waals surface area contributed by atoms with Crippen LogP contribution in [-0.2, 0) is 17.6 Å². The zero-order chi connectivity index (χ0) is 16.1. The van der Waals surface area contributed by atoms with Crippen molar-refractivity contribution in [2.75, 3.05) is 25.6 Å². The summed E-state index contributed by atoms with van der Waals surface area (Å²) in [6.45, 7) is 1.58. The van der Waals surface area contributed by atoms with Gasteiger partial charge in [-0.1, -0.05) is 0 Å². The van der Waals surface area contributed by atoms with Crippen LogP contribution < -0.4 is 5.32 Å². The molecular formula is C18H20N4O. The summed E-state index contributed by atoms with van der Waals surface area (Å²) in [6, 6.07) is 9.55. The van der Waals surface area contributed by atoms with Crippen molar-refractivity contribution < 1.29 is 4.74 Å². The Kier molecular flexibility index (Phi) is 4.84. The van der Waals surface area contributed by atoms with Gasteiger partial charge in [-0.25, -0.2) is 9.97 Å². The smallest absolute Gasteiger partial charge is 0.161 e. The molecule has 3 rings (SSSR count). The van der Waals surface area contributed by atoms with Crippen LogP contribution in [0.15, 0.2) is 24.3 Å². The van der Waals surface area contributed by atoms with E-state index >= 15 is 0 Å². The number of fused-ring (bicyclic) bond motifs is 1. The Bertz CT molecular complexity index is 719. The minimum absolute atomic E-state index is 0.646. The average Bonchev–Trinajstić information content (AvgIpc) is 3.07. The number of nitrogens with zero attached hydrogens (tertiary/aromatic N) is 3. The maximum absolute atomic E-state index is 8.91. The first-order valence-corrected chi connectivity index (χ1v) is 7.95. The first-order chi connectivity index (χ1) is 11.3. The highest BCUT2D eigenvalue weighted by Crippen LogP contribution is 2.29. The minimum Gasteiger partial charge on any atom is -0.385 e. The summed E-state index contributed by atoms with van der Waals surface area (Å²) in [4.78, 5) is 9.45. The van der Waals surface area contributed by atoms with E-state index in [0.29, 0.717) is 5.56 Å². The molecule has 0 unspecified atom stereocenters. The summed E-state index contributed by atoms with van der Waals surface area (Å²) in [5, 5.41) is 12.3. The van der Waals surface area contributed by atoms with Gasteiger partial charge in [0.2, 0.25) is 0 Å². The number of rotatable bonds is 6. The molecule has 0 radical (unpaired) electrons. The molecule has 0 bridgehead atoms. The molecule has 5 nitrogen and oxygen atoms in total. The SMILES string of the molecule is COCCCNc1nc(-c2ccc(C#N)cc2)nc2c1CCC2. The number of ether oxygens (including phenoxy) is 1. The molecule has 1 heterocycles. The number of methoxy groups -OCH3 is 1. The molecule has 1 aliphatic carbocycles. The highest BCUT2D eigenvalue weighted by Gasteiger charge is 2.19. The van der Waals surface area contributed by atoms with Gasteiger partial charge in [-0.15, -0.1) is 0 Å². The molecule has 0 fully saturated rings. The summed E-state index contributed by atoms with van der Waals surface area (Å²) in [7, 11) is 1.71. The van der Waals surface area contributed by atoms with Crippen LogP contribution in [0.25, 0.3) is 11.4 Å². The van der Waals surface area contributed by atoms with Gasteiger partial charge in [0.15, 0.2) is 5.82 Å². The quantitative estimate of drug-likeness (QED) is 0.831. The second-order valence-electron chi connectivity index (χ2n) is 5.64. The van der Waals surface area contributed by atoms with Gasteiger partial charge >= 0.3 is 0 Å². The lowest BCUT2D eigenvalue weighted by Gasteiger charge is -2.12. The fraction of sp³-hybridized carbons (Fsp3) is 0.389. The van der Waals surface area contributed by atoms with Gasteiger partial charge in [0, 0.05) is 37.1 Å². The van der Waals surface area contributed by atoms with Gasteiger partial charge in [-0.2, -0.15) is 5.26 Å². The average molecular weight is 308 g/mol. The number of hydrogen-bond donors (Lipinski definition) is 1. The number of aromatic nitrogens is 2. The zero-order valence-electron chi connectivity index (χ0n) is 13.3. The van der Waals surface area contributed by atoms with E-state index in [9.17, 15) is 0 Å². The lowest BCUT2D eigenvalue weighted by Crippen LogP contribution is -2.10. The predicted molar refractivity (Wildman–Crippen MR) is 89.2 cm³/mol. The molecule has 0 saturated carbocycles. The molecular weight excluding hydrogens is 288 g/mol. The van der Waals surface area contributed by atoms with Gasteiger partial charge in [-0.05, 0) is 49.9 Å². The van der Waals surface area contributed by atoms with E-state index in [1.807, 2.05) is 12.1 Å². The van der Waals surface area contributed by atoms with E-state index in [1.54, 1.807) is 19.2 Å². The maximum Gasteiger partial charge on any atom is 0.161 e. The van der Waals surface area contributed by atoms with E-state index in [-0.39, 0.29) is 0 Å². The lowest BCUT2D eigenvalue weighted by molar-refractivity contribution is 0.197. The number of aryl methyl sites for hydroxylation is 1. The molecule has 0 amide bonds. The molecule has 0 saturated heterocycles. The number of nitriles is 1. The molecule has 2 aromatic rings. The van der Waals surface area contributed by atoms with Gasteiger partial charge in [0.05, 0.1) is 11.6 Å². The predicted octanol–water partition coefficient (Wildman–Crippen LogP) is 2.95. The summed E-state index contributed by atoms with van der Waals surface area (Å²) >= 11 is 0. The van der Waals surface area contributed by atoms with E-state index < -0.39 is 0 Å². The standard InChI is InChI=1S/C18H20N4O/c1-23-11-3-10-20-18-15-4-2-5-16(15)21-17(22-18)14-8-6-13(12-19)7-9-14/h6-9H,2-5,10-11H2,1H3,(H,20,21,22). The lowest BCUT2D eigenvalue weighted by atomic mass is 10.1. The van der Waals surface area contributed by atoms with Crippen LogP contribution >= 0.6 is 0 Å². The van der Waals surface area contributed by atoms with Crippen molar-refractivity contribution >= 4 is 5.82 Å². The molecule has 0 spiro atoms. The second-order valence-corrected chi connectivity index (χ2v) is 5.64. The van der Waals surface area contributed by atoms with Crippen molar-refractivity contribution in [1.82, 2.24) is 9.97 Å². The topological polar surface area (TPSA) is 70.8 Å². The Hall–Kier alpha value is -2.45. The fourth-order valence-electron chi connectivity index (χ4n) is 2.82. The first-order valence-electron chi connectivity index (χ1n) is 7.95. The van der Waals surface area contributed by atoms with Gasteiger partial charge in [-0.3, -0.25) is 0 Å². The zero-order valence-corrected chi connectivity index (χ0v) is 13.3. The third-order valence-corrected chi connectivity index (χ3v) is 4.02. The summed E-state index contributed by atoms with van der Waals surface area (Å²) in [6.07, 6.45) is 4.12. The molecule has 1 aromatic carbocycles. The molecule has 1 aliphatic rings. The number of nitrogens with one attached hydrogen (secondary N) is 1. The monoisotopic (exact) mass is 308 g/mol. The fourth-order valence-corrected chi connectivity index (χ4v) is 2.82. The van der Waals surface area contributed by atoms with Crippen molar-refractivity contribution in [3.05, 3.63) is 41.1 Å². The minimum atomic E-state index is 0.646. The molecule has 5 heteroatoms. The van der Waals surface area contributed by atoms with Crippen LogP contribution in [0.4, 0.5) is 5.82 Å². The molecule has 1 N–H and O–H groups in total. The van der Waals surface area contributed by atoms with Crippen LogP contribution in [-0.4, -0.2) is 30.2 Å². The number of anilines is 1. The Labute approximate surface area is 136 Å². The first kappa shape index (κ1) is 15.4. The van der Waals surface area contributed by atoms with E-state index in [4.69, 9.17) is 20.0 Å². The van der Waals surface area contributed by atoms with Crippen LogP contribution in [0.2, 0.25) is 0 Å². The Morgan fingerprint density at radius 1 is 1.22 bits per heavy atom. The van der Waals surface area contributed by atoms with Crippen LogP contribution in [0.5, 0.6) is 0 Å². The molecule has 23 heavy (non-hydrogen) atoms. The van der Waals surface area contributed by atoms with Crippen molar-refractivity contribution in [3.8, 4) is 17.5 Å². The summed E-state index contributed by atoms with van der Waals surface area (Å²) < 4.78 is 5.09. The number of hydrogen-bond acceptors (Lipinski definition) is 5. The van der Waals surface area contributed by atoms with Gasteiger partial charge in [0.25, 0.3) is 0 Å². The normalized spacial score (nSPS) is 12.7.